The Labute approximate surface area is 126 Å². The number of nitriles is 1. The van der Waals surface area contributed by atoms with Crippen LogP contribution in [0.3, 0.4) is 0 Å². The fourth-order valence-corrected chi connectivity index (χ4v) is 3.25. The maximum atomic E-state index is 9.30. The first-order valence-corrected chi connectivity index (χ1v) is 8.61. The zero-order chi connectivity index (χ0) is 14.2. The van der Waals surface area contributed by atoms with Gasteiger partial charge in [-0.25, -0.2) is 0 Å². The molecule has 0 amide bonds. The zero-order valence-electron chi connectivity index (χ0n) is 12.2. The van der Waals surface area contributed by atoms with Crippen LogP contribution in [0.1, 0.15) is 31.2 Å². The van der Waals surface area contributed by atoms with Crippen molar-refractivity contribution in [2.45, 2.75) is 30.6 Å². The van der Waals surface area contributed by atoms with E-state index in [9.17, 15) is 5.26 Å². The molecule has 1 N–H and O–H groups in total. The Morgan fingerprint density at radius 1 is 1.25 bits per heavy atom. The summed E-state index contributed by atoms with van der Waals surface area (Å²) in [6.07, 6.45) is 7.41. The number of hydrogen-bond acceptors (Lipinski definition) is 4. The van der Waals surface area contributed by atoms with E-state index in [1.54, 1.807) is 11.8 Å². The monoisotopic (exact) mass is 289 g/mol. The highest BCUT2D eigenvalue weighted by molar-refractivity contribution is 7.98. The van der Waals surface area contributed by atoms with E-state index in [1.807, 2.05) is 24.5 Å². The first kappa shape index (κ1) is 15.2. The van der Waals surface area contributed by atoms with Crippen molar-refractivity contribution in [3.8, 4) is 6.07 Å². The van der Waals surface area contributed by atoms with Crippen LogP contribution in [0.5, 0.6) is 0 Å². The topological polar surface area (TPSA) is 39.1 Å². The summed E-state index contributed by atoms with van der Waals surface area (Å²) in [5.74, 6) is 0. The minimum Gasteiger partial charge on any atom is -0.383 e. The molecule has 20 heavy (non-hydrogen) atoms. The molecule has 0 unspecified atom stereocenters. The molecule has 0 spiro atoms. The Hall–Kier alpha value is -1.18. The molecule has 0 atom stereocenters. The van der Waals surface area contributed by atoms with E-state index in [0.29, 0.717) is 0 Å². The number of thioether (sulfide) groups is 1. The van der Waals surface area contributed by atoms with Crippen LogP contribution in [0.4, 0.5) is 5.69 Å². The minimum absolute atomic E-state index is 0.774. The van der Waals surface area contributed by atoms with Crippen LogP contribution in [0.15, 0.2) is 23.1 Å². The van der Waals surface area contributed by atoms with Crippen molar-refractivity contribution < 1.29 is 0 Å². The number of anilines is 1. The maximum absolute atomic E-state index is 9.30. The third-order valence-corrected chi connectivity index (χ3v) is 4.58. The number of nitrogens with one attached hydrogen (secondary N) is 1. The number of likely N-dealkylation sites (tertiary alicyclic amines) is 1. The van der Waals surface area contributed by atoms with Gasteiger partial charge in [-0.1, -0.05) is 18.9 Å². The second-order valence-electron chi connectivity index (χ2n) is 5.18. The van der Waals surface area contributed by atoms with Crippen molar-refractivity contribution in [3.05, 3.63) is 23.8 Å². The molecule has 3 nitrogen and oxygen atoms in total. The van der Waals surface area contributed by atoms with E-state index >= 15 is 0 Å². The average Bonchev–Trinajstić information content (AvgIpc) is 2.75. The Morgan fingerprint density at radius 3 is 2.65 bits per heavy atom. The van der Waals surface area contributed by atoms with Crippen LogP contribution in [0.2, 0.25) is 0 Å². The number of benzene rings is 1. The van der Waals surface area contributed by atoms with Crippen LogP contribution in [-0.2, 0) is 0 Å². The predicted molar refractivity (Wildman–Crippen MR) is 86.3 cm³/mol. The molecule has 0 aliphatic carbocycles. The van der Waals surface area contributed by atoms with E-state index in [0.717, 1.165) is 29.2 Å². The van der Waals surface area contributed by atoms with E-state index < -0.39 is 0 Å². The number of rotatable bonds is 5. The van der Waals surface area contributed by atoms with Crippen LogP contribution in [0.25, 0.3) is 0 Å². The third kappa shape index (κ3) is 4.16. The van der Waals surface area contributed by atoms with Crippen molar-refractivity contribution >= 4 is 17.4 Å². The van der Waals surface area contributed by atoms with Crippen molar-refractivity contribution in [1.82, 2.24) is 4.90 Å². The molecular formula is C16H23N3S. The lowest BCUT2D eigenvalue weighted by atomic mass is 10.2. The highest BCUT2D eigenvalue weighted by atomic mass is 32.2. The second kappa shape index (κ2) is 8.18. The standard InChI is InChI=1S/C16H23N3S/c1-20-16-8-6-7-15(14(16)13-17)18-9-12-19-10-4-2-3-5-11-19/h6-8,18H,2-5,9-12H2,1H3. The predicted octanol–water partition coefficient (Wildman–Crippen LogP) is 3.57. The van der Waals surface area contributed by atoms with Gasteiger partial charge in [0, 0.05) is 18.0 Å². The second-order valence-corrected chi connectivity index (χ2v) is 6.03. The lowest BCUT2D eigenvalue weighted by Crippen LogP contribution is -2.30. The van der Waals surface area contributed by atoms with Gasteiger partial charge in [-0.15, -0.1) is 11.8 Å². The van der Waals surface area contributed by atoms with Crippen molar-refractivity contribution in [2.75, 3.05) is 37.8 Å². The van der Waals surface area contributed by atoms with Gasteiger partial charge in [0.25, 0.3) is 0 Å². The molecule has 1 saturated heterocycles. The fourth-order valence-electron chi connectivity index (χ4n) is 2.67. The van der Waals surface area contributed by atoms with E-state index in [2.05, 4.69) is 16.3 Å². The Bertz CT molecular complexity index is 459. The molecule has 1 aliphatic rings. The lowest BCUT2D eigenvalue weighted by molar-refractivity contribution is 0.296. The molecule has 0 radical (unpaired) electrons. The molecular weight excluding hydrogens is 266 g/mol. The summed E-state index contributed by atoms with van der Waals surface area (Å²) in [6, 6.07) is 8.34. The van der Waals surface area contributed by atoms with Gasteiger partial charge in [-0.05, 0) is 44.3 Å². The van der Waals surface area contributed by atoms with Gasteiger partial charge < -0.3 is 10.2 Å². The molecule has 0 bridgehead atoms. The highest BCUT2D eigenvalue weighted by Crippen LogP contribution is 2.26. The maximum Gasteiger partial charge on any atom is 0.102 e. The Balaban J connectivity index is 1.89. The van der Waals surface area contributed by atoms with E-state index in [4.69, 9.17) is 0 Å². The SMILES string of the molecule is CSc1cccc(NCCN2CCCCCC2)c1C#N. The number of hydrogen-bond donors (Lipinski definition) is 1. The largest absolute Gasteiger partial charge is 0.383 e. The van der Waals surface area contributed by atoms with Gasteiger partial charge in [0.2, 0.25) is 0 Å². The summed E-state index contributed by atoms with van der Waals surface area (Å²) < 4.78 is 0. The summed E-state index contributed by atoms with van der Waals surface area (Å²) in [5.41, 5.74) is 1.74. The Kier molecular flexibility index (Phi) is 6.23. The number of nitrogens with zero attached hydrogens (tertiary/aromatic N) is 2. The quantitative estimate of drug-likeness (QED) is 0.841. The van der Waals surface area contributed by atoms with Crippen LogP contribution in [0, 0.1) is 11.3 Å². The summed E-state index contributed by atoms with van der Waals surface area (Å²) in [7, 11) is 0. The van der Waals surface area contributed by atoms with Gasteiger partial charge in [-0.3, -0.25) is 0 Å². The van der Waals surface area contributed by atoms with Crippen molar-refractivity contribution in [2.24, 2.45) is 0 Å². The molecule has 0 saturated carbocycles. The summed E-state index contributed by atoms with van der Waals surface area (Å²) >= 11 is 1.63. The van der Waals surface area contributed by atoms with Crippen molar-refractivity contribution in [1.29, 1.82) is 5.26 Å². The van der Waals surface area contributed by atoms with E-state index in [-0.39, 0.29) is 0 Å². The lowest BCUT2D eigenvalue weighted by Gasteiger charge is -2.20. The van der Waals surface area contributed by atoms with Crippen LogP contribution in [-0.4, -0.2) is 37.3 Å². The molecule has 1 heterocycles. The van der Waals surface area contributed by atoms with Gasteiger partial charge in [-0.2, -0.15) is 5.26 Å². The molecule has 1 aromatic rings. The first-order chi connectivity index (χ1) is 9.85. The molecule has 1 fully saturated rings. The summed E-state index contributed by atoms with van der Waals surface area (Å²) in [5, 5.41) is 12.7. The third-order valence-electron chi connectivity index (χ3n) is 3.80. The molecule has 0 aromatic heterocycles. The van der Waals surface area contributed by atoms with Gasteiger partial charge in [0.1, 0.15) is 6.07 Å². The smallest absolute Gasteiger partial charge is 0.102 e. The van der Waals surface area contributed by atoms with Gasteiger partial charge in [0.05, 0.1) is 11.3 Å². The molecule has 108 valence electrons. The average molecular weight is 289 g/mol. The molecule has 1 aliphatic heterocycles. The summed E-state index contributed by atoms with van der Waals surface area (Å²) in [4.78, 5) is 3.58. The Morgan fingerprint density at radius 2 is 2.00 bits per heavy atom. The summed E-state index contributed by atoms with van der Waals surface area (Å²) in [6.45, 7) is 4.41. The zero-order valence-corrected chi connectivity index (χ0v) is 13.0. The first-order valence-electron chi connectivity index (χ1n) is 7.38. The van der Waals surface area contributed by atoms with Gasteiger partial charge in [0.15, 0.2) is 0 Å². The van der Waals surface area contributed by atoms with Crippen LogP contribution >= 0.6 is 11.8 Å². The molecule has 2 rings (SSSR count). The van der Waals surface area contributed by atoms with Crippen LogP contribution < -0.4 is 5.32 Å². The van der Waals surface area contributed by atoms with Crippen molar-refractivity contribution in [3.63, 3.8) is 0 Å². The van der Waals surface area contributed by atoms with Gasteiger partial charge >= 0.3 is 0 Å². The molecule has 4 heteroatoms. The minimum atomic E-state index is 0.774. The van der Waals surface area contributed by atoms with E-state index in [1.165, 1.54) is 38.8 Å². The normalized spacial score (nSPS) is 16.4. The molecule has 1 aromatic carbocycles. The highest BCUT2D eigenvalue weighted by Gasteiger charge is 2.10. The fraction of sp³-hybridized carbons (Fsp3) is 0.562.